The summed E-state index contributed by atoms with van der Waals surface area (Å²) >= 11 is 3.04. The summed E-state index contributed by atoms with van der Waals surface area (Å²) in [5, 5.41) is 21.9. The molecule has 1 amide bonds. The van der Waals surface area contributed by atoms with Crippen LogP contribution in [0.2, 0.25) is 0 Å². The van der Waals surface area contributed by atoms with E-state index in [1.54, 1.807) is 0 Å². The van der Waals surface area contributed by atoms with Crippen molar-refractivity contribution in [1.82, 2.24) is 4.31 Å². The molecule has 0 bridgehead atoms. The Morgan fingerprint density at radius 2 is 1.90 bits per heavy atom. The van der Waals surface area contributed by atoms with Crippen molar-refractivity contribution in [1.29, 1.82) is 0 Å². The summed E-state index contributed by atoms with van der Waals surface area (Å²) in [5.41, 5.74) is -0.775. The number of carbonyl (C=O) groups is 1. The molecular weight excluding hydrogens is 467 g/mol. The van der Waals surface area contributed by atoms with Crippen molar-refractivity contribution < 1.29 is 27.8 Å². The molecule has 1 saturated heterocycles. The third-order valence-corrected chi connectivity index (χ3v) is 7.36. The van der Waals surface area contributed by atoms with Gasteiger partial charge in [0.05, 0.1) is 21.6 Å². The van der Waals surface area contributed by atoms with E-state index in [0.29, 0.717) is 5.69 Å². The first kappa shape index (κ1) is 21.8. The van der Waals surface area contributed by atoms with Crippen LogP contribution < -0.4 is 5.32 Å². The van der Waals surface area contributed by atoms with E-state index in [0.717, 1.165) is 0 Å². The first-order valence-electron chi connectivity index (χ1n) is 8.84. The highest BCUT2D eigenvalue weighted by molar-refractivity contribution is 9.10. The molecule has 0 aliphatic carbocycles. The number of sulfonamides is 1. The molecule has 7 nitrogen and oxygen atoms in total. The van der Waals surface area contributed by atoms with Gasteiger partial charge in [0.15, 0.2) is 0 Å². The number of benzene rings is 2. The Balaban J connectivity index is 1.78. The average molecular weight is 487 g/mol. The molecule has 0 spiro atoms. The van der Waals surface area contributed by atoms with Crippen LogP contribution in [-0.2, 0) is 10.0 Å². The van der Waals surface area contributed by atoms with E-state index in [-0.39, 0.29) is 40.9 Å². The van der Waals surface area contributed by atoms with Crippen molar-refractivity contribution in [2.45, 2.75) is 23.3 Å². The van der Waals surface area contributed by atoms with Crippen molar-refractivity contribution in [2.24, 2.45) is 0 Å². The third-order valence-electron chi connectivity index (χ3n) is 4.86. The van der Waals surface area contributed by atoms with Gasteiger partial charge >= 0.3 is 0 Å². The van der Waals surface area contributed by atoms with Gasteiger partial charge in [-0.25, -0.2) is 12.8 Å². The summed E-state index contributed by atoms with van der Waals surface area (Å²) in [7, 11) is -3.86. The zero-order valence-corrected chi connectivity index (χ0v) is 17.7. The van der Waals surface area contributed by atoms with Crippen LogP contribution in [0.25, 0.3) is 0 Å². The maximum atomic E-state index is 13.3. The van der Waals surface area contributed by atoms with Crippen molar-refractivity contribution in [3.63, 3.8) is 0 Å². The number of nitrogens with one attached hydrogen (secondary N) is 1. The van der Waals surface area contributed by atoms with Gasteiger partial charge in [-0.1, -0.05) is 6.07 Å². The van der Waals surface area contributed by atoms with E-state index in [9.17, 15) is 27.8 Å². The van der Waals surface area contributed by atoms with Crippen molar-refractivity contribution in [3.05, 3.63) is 58.3 Å². The lowest BCUT2D eigenvalue weighted by Gasteiger charge is -2.36. The van der Waals surface area contributed by atoms with Gasteiger partial charge in [0.1, 0.15) is 5.82 Å². The molecule has 2 aromatic rings. The minimum absolute atomic E-state index is 0.0418. The average Bonchev–Trinajstić information content (AvgIpc) is 2.71. The third kappa shape index (κ3) is 4.84. The Hall–Kier alpha value is -1.85. The van der Waals surface area contributed by atoms with Crippen LogP contribution in [0.15, 0.2) is 51.8 Å². The standard InChI is InChI=1S/C19H20BrFN2O5S/c20-16-11-14(4-5-17(16)21)22-18(25)13-2-1-3-15(10-13)29(27,28)23-8-6-19(26,12-24)7-9-23/h1-5,10-11,24,26H,6-9,12H2,(H,22,25). The predicted molar refractivity (Wildman–Crippen MR) is 109 cm³/mol. The number of amides is 1. The number of piperidine rings is 1. The summed E-state index contributed by atoms with van der Waals surface area (Å²) in [6.45, 7) is -0.283. The Bertz CT molecular complexity index is 1020. The van der Waals surface area contributed by atoms with E-state index in [1.807, 2.05) is 0 Å². The van der Waals surface area contributed by atoms with Gasteiger partial charge in [0.2, 0.25) is 10.0 Å². The quantitative estimate of drug-likeness (QED) is 0.601. The molecule has 0 atom stereocenters. The molecule has 1 aliphatic heterocycles. The molecule has 10 heteroatoms. The smallest absolute Gasteiger partial charge is 0.255 e. The van der Waals surface area contributed by atoms with E-state index in [1.165, 1.54) is 46.8 Å². The molecule has 1 aliphatic rings. The van der Waals surface area contributed by atoms with Crippen LogP contribution >= 0.6 is 15.9 Å². The number of carbonyl (C=O) groups excluding carboxylic acids is 1. The topological polar surface area (TPSA) is 107 Å². The highest BCUT2D eigenvalue weighted by Gasteiger charge is 2.36. The monoisotopic (exact) mass is 486 g/mol. The fraction of sp³-hybridized carbons (Fsp3) is 0.316. The summed E-state index contributed by atoms with van der Waals surface area (Å²) in [6.07, 6.45) is 0.255. The summed E-state index contributed by atoms with van der Waals surface area (Å²) in [4.78, 5) is 12.5. The van der Waals surface area contributed by atoms with Gasteiger partial charge in [0.25, 0.3) is 5.91 Å². The van der Waals surface area contributed by atoms with Gasteiger partial charge in [-0.2, -0.15) is 4.31 Å². The molecular formula is C19H20BrFN2O5S. The SMILES string of the molecule is O=C(Nc1ccc(F)c(Br)c1)c1cccc(S(=O)(=O)N2CCC(O)(CO)CC2)c1. The number of halogens is 2. The molecule has 3 N–H and O–H groups in total. The summed E-state index contributed by atoms with van der Waals surface area (Å²) < 4.78 is 40.6. The molecule has 0 saturated carbocycles. The predicted octanol–water partition coefficient (Wildman–Crippen LogP) is 2.35. The number of rotatable bonds is 5. The van der Waals surface area contributed by atoms with Gasteiger partial charge in [0, 0.05) is 24.3 Å². The number of nitrogens with zero attached hydrogens (tertiary/aromatic N) is 1. The molecule has 156 valence electrons. The molecule has 1 heterocycles. The molecule has 1 fully saturated rings. The fourth-order valence-corrected chi connectivity index (χ4v) is 4.89. The highest BCUT2D eigenvalue weighted by Crippen LogP contribution is 2.27. The van der Waals surface area contributed by atoms with Crippen molar-refractivity contribution in [3.8, 4) is 0 Å². The zero-order valence-electron chi connectivity index (χ0n) is 15.3. The zero-order chi connectivity index (χ0) is 21.2. The number of hydrogen-bond acceptors (Lipinski definition) is 5. The second kappa shape index (κ2) is 8.49. The van der Waals surface area contributed by atoms with Crippen LogP contribution in [0.4, 0.5) is 10.1 Å². The number of aliphatic hydroxyl groups is 2. The lowest BCUT2D eigenvalue weighted by Crippen LogP contribution is -2.48. The molecule has 2 aromatic carbocycles. The van der Waals surface area contributed by atoms with Gasteiger partial charge in [-0.3, -0.25) is 4.79 Å². The molecule has 29 heavy (non-hydrogen) atoms. The second-order valence-electron chi connectivity index (χ2n) is 6.90. The largest absolute Gasteiger partial charge is 0.393 e. The lowest BCUT2D eigenvalue weighted by molar-refractivity contribution is -0.0480. The molecule has 0 aromatic heterocycles. The second-order valence-corrected chi connectivity index (χ2v) is 9.69. The number of anilines is 1. The minimum atomic E-state index is -3.86. The Morgan fingerprint density at radius 3 is 2.52 bits per heavy atom. The highest BCUT2D eigenvalue weighted by atomic mass is 79.9. The Labute approximate surface area is 176 Å². The van der Waals surface area contributed by atoms with Crippen LogP contribution in [-0.4, -0.2) is 54.1 Å². The summed E-state index contributed by atoms with van der Waals surface area (Å²) in [5.74, 6) is -1.00. The fourth-order valence-electron chi connectivity index (χ4n) is 3.02. The first-order chi connectivity index (χ1) is 13.6. The van der Waals surface area contributed by atoms with Crippen LogP contribution in [0.3, 0.4) is 0 Å². The van der Waals surface area contributed by atoms with E-state index < -0.39 is 34.0 Å². The Morgan fingerprint density at radius 1 is 1.21 bits per heavy atom. The van der Waals surface area contributed by atoms with E-state index in [4.69, 9.17) is 0 Å². The van der Waals surface area contributed by atoms with E-state index in [2.05, 4.69) is 21.2 Å². The minimum Gasteiger partial charge on any atom is -0.393 e. The normalized spacial score (nSPS) is 17.1. The number of hydrogen-bond donors (Lipinski definition) is 3. The molecule has 0 radical (unpaired) electrons. The van der Waals surface area contributed by atoms with E-state index >= 15 is 0 Å². The maximum Gasteiger partial charge on any atom is 0.255 e. The van der Waals surface area contributed by atoms with Crippen molar-refractivity contribution in [2.75, 3.05) is 25.0 Å². The molecule has 0 unspecified atom stereocenters. The first-order valence-corrected chi connectivity index (χ1v) is 11.1. The number of aliphatic hydroxyl groups excluding tert-OH is 1. The lowest BCUT2D eigenvalue weighted by atomic mass is 9.94. The molecule has 3 rings (SSSR count). The van der Waals surface area contributed by atoms with Crippen LogP contribution in [0.1, 0.15) is 23.2 Å². The van der Waals surface area contributed by atoms with Crippen LogP contribution in [0.5, 0.6) is 0 Å². The van der Waals surface area contributed by atoms with Crippen molar-refractivity contribution >= 4 is 37.5 Å². The Kier molecular flexibility index (Phi) is 6.39. The maximum absolute atomic E-state index is 13.3. The van der Waals surface area contributed by atoms with Gasteiger partial charge in [-0.15, -0.1) is 0 Å². The van der Waals surface area contributed by atoms with Crippen LogP contribution in [0, 0.1) is 5.82 Å². The van der Waals surface area contributed by atoms with Gasteiger partial charge < -0.3 is 15.5 Å². The van der Waals surface area contributed by atoms with Gasteiger partial charge in [-0.05, 0) is 65.2 Å². The summed E-state index contributed by atoms with van der Waals surface area (Å²) in [6, 6.07) is 9.62.